The number of aldehydes is 1. The SMILES string of the molecule is O=CC(C(=O)N1CCC[C@H](C(=O)O)C1)c1ccc2c(-c3ccc(F)cc3Cl)cc(=O)oc2c1. The number of fused-ring (bicyclic) bond motifs is 1. The molecule has 0 aliphatic carbocycles. The molecule has 3 aromatic rings. The van der Waals surface area contributed by atoms with Gasteiger partial charge >= 0.3 is 11.6 Å². The summed E-state index contributed by atoms with van der Waals surface area (Å²) in [5, 5.41) is 9.88. The van der Waals surface area contributed by atoms with Crippen molar-refractivity contribution in [3.63, 3.8) is 0 Å². The van der Waals surface area contributed by atoms with E-state index in [2.05, 4.69) is 0 Å². The monoisotopic (exact) mass is 471 g/mol. The molecule has 1 saturated heterocycles. The summed E-state index contributed by atoms with van der Waals surface area (Å²) < 4.78 is 18.8. The molecule has 33 heavy (non-hydrogen) atoms. The van der Waals surface area contributed by atoms with Crippen LogP contribution in [0.3, 0.4) is 0 Å². The van der Waals surface area contributed by atoms with Gasteiger partial charge < -0.3 is 19.2 Å². The van der Waals surface area contributed by atoms with Crippen LogP contribution in [0.1, 0.15) is 24.3 Å². The van der Waals surface area contributed by atoms with Crippen LogP contribution in [0.25, 0.3) is 22.1 Å². The standard InChI is InChI=1S/C24H19ClFNO6/c25-20-9-15(26)4-6-16(20)18-10-22(29)33-21-8-13(3-5-17(18)21)19(12-28)23(30)27-7-1-2-14(11-27)24(31)32/h3-6,8-10,12,14,19H,1-2,7,11H2,(H,31,32)/t14-,19?/m0/s1. The number of carboxylic acids is 1. The number of likely N-dealkylation sites (tertiary alicyclic amines) is 1. The van der Waals surface area contributed by atoms with Crippen LogP contribution in [-0.4, -0.2) is 41.3 Å². The van der Waals surface area contributed by atoms with Gasteiger partial charge in [-0.1, -0.05) is 23.7 Å². The molecule has 4 rings (SSSR count). The van der Waals surface area contributed by atoms with Gasteiger partial charge in [0.25, 0.3) is 0 Å². The maximum atomic E-state index is 13.5. The Morgan fingerprint density at radius 2 is 1.97 bits per heavy atom. The van der Waals surface area contributed by atoms with Gasteiger partial charge in [-0.05, 0) is 42.7 Å². The molecule has 0 spiro atoms. The highest BCUT2D eigenvalue weighted by molar-refractivity contribution is 6.33. The first-order chi connectivity index (χ1) is 15.8. The Kier molecular flexibility index (Phi) is 6.29. The van der Waals surface area contributed by atoms with Gasteiger partial charge in [0.05, 0.1) is 10.9 Å². The number of rotatable bonds is 5. The number of hydrogen-bond acceptors (Lipinski definition) is 5. The summed E-state index contributed by atoms with van der Waals surface area (Å²) in [7, 11) is 0. The number of aliphatic carboxylic acids is 1. The van der Waals surface area contributed by atoms with Crippen LogP contribution in [0.5, 0.6) is 0 Å². The molecular weight excluding hydrogens is 453 g/mol. The van der Waals surface area contributed by atoms with Crippen molar-refractivity contribution in [3.05, 3.63) is 69.3 Å². The Morgan fingerprint density at radius 3 is 2.67 bits per heavy atom. The maximum Gasteiger partial charge on any atom is 0.336 e. The summed E-state index contributed by atoms with van der Waals surface area (Å²) in [6.45, 7) is 0.400. The third-order valence-corrected chi connectivity index (χ3v) is 6.15. The van der Waals surface area contributed by atoms with Gasteiger partial charge in [0.1, 0.15) is 23.6 Å². The number of hydrogen-bond donors (Lipinski definition) is 1. The van der Waals surface area contributed by atoms with Crippen molar-refractivity contribution >= 4 is 40.7 Å². The minimum Gasteiger partial charge on any atom is -0.481 e. The number of nitrogens with zero attached hydrogens (tertiary/aromatic N) is 1. The Hall–Kier alpha value is -3.52. The van der Waals surface area contributed by atoms with E-state index in [0.717, 1.165) is 6.07 Å². The van der Waals surface area contributed by atoms with E-state index in [-0.39, 0.29) is 17.2 Å². The van der Waals surface area contributed by atoms with Crippen LogP contribution in [0.15, 0.2) is 51.7 Å². The van der Waals surface area contributed by atoms with Gasteiger partial charge in [-0.15, -0.1) is 0 Å². The minimum absolute atomic E-state index is 0.0361. The first-order valence-corrected chi connectivity index (χ1v) is 10.7. The maximum absolute atomic E-state index is 13.5. The fourth-order valence-electron chi connectivity index (χ4n) is 4.16. The smallest absolute Gasteiger partial charge is 0.336 e. The van der Waals surface area contributed by atoms with E-state index < -0.39 is 35.2 Å². The number of benzene rings is 2. The van der Waals surface area contributed by atoms with E-state index in [1.165, 1.54) is 29.2 Å². The lowest BCUT2D eigenvalue weighted by Crippen LogP contribution is -2.44. The van der Waals surface area contributed by atoms with E-state index in [9.17, 15) is 28.7 Å². The molecule has 1 fully saturated rings. The van der Waals surface area contributed by atoms with E-state index in [0.29, 0.717) is 47.7 Å². The average Bonchev–Trinajstić information content (AvgIpc) is 2.79. The highest BCUT2D eigenvalue weighted by Gasteiger charge is 2.32. The lowest BCUT2D eigenvalue weighted by Gasteiger charge is -2.32. The number of piperidine rings is 1. The molecule has 170 valence electrons. The van der Waals surface area contributed by atoms with Crippen LogP contribution in [-0.2, 0) is 14.4 Å². The third kappa shape index (κ3) is 4.52. The fraction of sp³-hybridized carbons (Fsp3) is 0.250. The van der Waals surface area contributed by atoms with Gasteiger partial charge in [0.2, 0.25) is 5.91 Å². The molecule has 7 nitrogen and oxygen atoms in total. The van der Waals surface area contributed by atoms with Crippen LogP contribution in [0.2, 0.25) is 5.02 Å². The van der Waals surface area contributed by atoms with Gasteiger partial charge in [0.15, 0.2) is 0 Å². The molecule has 2 aromatic carbocycles. The number of halogens is 2. The number of carbonyl (C=O) groups is 3. The molecular formula is C24H19ClFNO6. The van der Waals surface area contributed by atoms with Crippen molar-refractivity contribution in [2.45, 2.75) is 18.8 Å². The van der Waals surface area contributed by atoms with E-state index in [4.69, 9.17) is 16.0 Å². The molecule has 1 amide bonds. The predicted molar refractivity (Wildman–Crippen MR) is 119 cm³/mol. The van der Waals surface area contributed by atoms with Gasteiger partial charge in [-0.25, -0.2) is 9.18 Å². The second-order valence-corrected chi connectivity index (χ2v) is 8.34. The van der Waals surface area contributed by atoms with Crippen molar-refractivity contribution in [1.29, 1.82) is 0 Å². The number of amides is 1. The molecule has 2 atom stereocenters. The third-order valence-electron chi connectivity index (χ3n) is 5.83. The molecule has 1 N–H and O–H groups in total. The highest BCUT2D eigenvalue weighted by atomic mass is 35.5. The zero-order valence-electron chi connectivity index (χ0n) is 17.3. The molecule has 1 aliphatic rings. The molecule has 9 heteroatoms. The summed E-state index contributed by atoms with van der Waals surface area (Å²) >= 11 is 6.17. The zero-order chi connectivity index (χ0) is 23.7. The highest BCUT2D eigenvalue weighted by Crippen LogP contribution is 2.34. The number of carbonyl (C=O) groups excluding carboxylic acids is 2. The molecule has 0 bridgehead atoms. The lowest BCUT2D eigenvalue weighted by atomic mass is 9.93. The van der Waals surface area contributed by atoms with Gasteiger partial charge in [0, 0.05) is 35.7 Å². The number of carboxylic acid groups (broad SMARTS) is 1. The van der Waals surface area contributed by atoms with E-state index in [1.54, 1.807) is 12.1 Å². The Morgan fingerprint density at radius 1 is 1.18 bits per heavy atom. The van der Waals surface area contributed by atoms with Crippen molar-refractivity contribution in [3.8, 4) is 11.1 Å². The minimum atomic E-state index is -1.18. The van der Waals surface area contributed by atoms with Gasteiger partial charge in [-0.3, -0.25) is 9.59 Å². The first kappa shape index (κ1) is 22.7. The second-order valence-electron chi connectivity index (χ2n) is 7.93. The zero-order valence-corrected chi connectivity index (χ0v) is 18.0. The molecule has 1 aromatic heterocycles. The Bertz CT molecular complexity index is 1320. The summed E-state index contributed by atoms with van der Waals surface area (Å²) in [4.78, 5) is 49.8. The summed E-state index contributed by atoms with van der Waals surface area (Å²) in [6.07, 6.45) is 1.50. The molecule has 0 saturated carbocycles. The second kappa shape index (κ2) is 9.15. The topological polar surface area (TPSA) is 105 Å². The van der Waals surface area contributed by atoms with Crippen molar-refractivity contribution in [1.82, 2.24) is 4.90 Å². The van der Waals surface area contributed by atoms with Crippen LogP contribution in [0.4, 0.5) is 4.39 Å². The van der Waals surface area contributed by atoms with Crippen LogP contribution in [0, 0.1) is 11.7 Å². The van der Waals surface area contributed by atoms with Gasteiger partial charge in [-0.2, -0.15) is 0 Å². The first-order valence-electron chi connectivity index (χ1n) is 10.3. The van der Waals surface area contributed by atoms with Crippen LogP contribution >= 0.6 is 11.6 Å². The van der Waals surface area contributed by atoms with E-state index >= 15 is 0 Å². The summed E-state index contributed by atoms with van der Waals surface area (Å²) in [6, 6.07) is 9.65. The Labute approximate surface area is 192 Å². The quantitative estimate of drug-likeness (QED) is 0.344. The van der Waals surface area contributed by atoms with E-state index in [1.807, 2.05) is 0 Å². The Balaban J connectivity index is 1.72. The molecule has 2 heterocycles. The predicted octanol–water partition coefficient (Wildman–Crippen LogP) is 3.86. The summed E-state index contributed by atoms with van der Waals surface area (Å²) in [5.41, 5.74) is 0.624. The van der Waals surface area contributed by atoms with Crippen LogP contribution < -0.4 is 5.63 Å². The molecule has 0 radical (unpaired) electrons. The lowest BCUT2D eigenvalue weighted by molar-refractivity contribution is -0.146. The largest absolute Gasteiger partial charge is 0.481 e. The average molecular weight is 472 g/mol. The molecule has 1 aliphatic heterocycles. The fourth-order valence-corrected chi connectivity index (χ4v) is 4.43. The normalized spacial score (nSPS) is 17.0. The van der Waals surface area contributed by atoms with Crippen molar-refractivity contribution in [2.24, 2.45) is 5.92 Å². The van der Waals surface area contributed by atoms with Crippen molar-refractivity contribution < 1.29 is 28.3 Å². The molecule has 1 unspecified atom stereocenters. The van der Waals surface area contributed by atoms with Crippen molar-refractivity contribution in [2.75, 3.05) is 13.1 Å². The summed E-state index contributed by atoms with van der Waals surface area (Å²) in [5.74, 6) is -3.85.